The van der Waals surface area contributed by atoms with Gasteiger partial charge in [-0.3, -0.25) is 4.79 Å². The van der Waals surface area contributed by atoms with Crippen LogP contribution in [0.5, 0.6) is 5.75 Å². The van der Waals surface area contributed by atoms with Crippen molar-refractivity contribution in [1.29, 1.82) is 0 Å². The van der Waals surface area contributed by atoms with Crippen LogP contribution in [-0.2, 0) is 11.2 Å². The average molecular weight is 322 g/mol. The van der Waals surface area contributed by atoms with E-state index in [0.29, 0.717) is 12.3 Å². The van der Waals surface area contributed by atoms with E-state index in [9.17, 15) is 4.79 Å². The van der Waals surface area contributed by atoms with Gasteiger partial charge in [-0.05, 0) is 18.2 Å². The summed E-state index contributed by atoms with van der Waals surface area (Å²) < 4.78 is 10.8. The molecule has 24 heavy (non-hydrogen) atoms. The van der Waals surface area contributed by atoms with Crippen molar-refractivity contribution >= 4 is 16.7 Å². The molecule has 2 heterocycles. The third-order valence-electron chi connectivity index (χ3n) is 4.34. The maximum Gasteiger partial charge on any atom is 0.226 e. The minimum Gasteiger partial charge on any atom is -0.493 e. The Bertz CT molecular complexity index is 858. The highest BCUT2D eigenvalue weighted by molar-refractivity contribution is 5.90. The lowest BCUT2D eigenvalue weighted by atomic mass is 9.98. The van der Waals surface area contributed by atoms with Crippen LogP contribution in [0.3, 0.4) is 0 Å². The van der Waals surface area contributed by atoms with Crippen LogP contribution in [0, 0.1) is 0 Å². The number of carbonyl (C=O) groups excluding carboxylic acids is 1. The Morgan fingerprint density at radius 3 is 3.00 bits per heavy atom. The number of fused-ring (bicyclic) bond motifs is 3. The molecule has 3 aromatic rings. The number of nitrogens with one attached hydrogen (secondary N) is 1. The van der Waals surface area contributed by atoms with Crippen molar-refractivity contribution in [3.05, 3.63) is 60.0 Å². The number of ether oxygens (including phenoxy) is 1. The van der Waals surface area contributed by atoms with Crippen molar-refractivity contribution in [2.45, 2.75) is 25.3 Å². The highest BCUT2D eigenvalue weighted by Crippen LogP contribution is 2.37. The number of benzene rings is 2. The first kappa shape index (κ1) is 14.8. The first-order valence-electron chi connectivity index (χ1n) is 8.14. The van der Waals surface area contributed by atoms with Gasteiger partial charge < -0.3 is 14.6 Å². The summed E-state index contributed by atoms with van der Waals surface area (Å²) >= 11 is 0. The summed E-state index contributed by atoms with van der Waals surface area (Å²) in [6.45, 7) is 0.663. The molecule has 122 valence electrons. The van der Waals surface area contributed by atoms with Crippen LogP contribution in [0.1, 0.15) is 30.1 Å². The number of hydrogen-bond donors (Lipinski definition) is 1. The predicted octanol–water partition coefficient (Wildman–Crippen LogP) is 3.40. The lowest BCUT2D eigenvalue weighted by molar-refractivity contribution is -0.121. The van der Waals surface area contributed by atoms with E-state index >= 15 is 0 Å². The van der Waals surface area contributed by atoms with Crippen molar-refractivity contribution < 1.29 is 14.1 Å². The number of hydrogen-bond acceptors (Lipinski definition) is 4. The first-order valence-corrected chi connectivity index (χ1v) is 8.14. The zero-order valence-corrected chi connectivity index (χ0v) is 13.2. The lowest BCUT2D eigenvalue weighted by Crippen LogP contribution is -2.29. The molecule has 5 nitrogen and oxygen atoms in total. The van der Waals surface area contributed by atoms with Gasteiger partial charge in [0.25, 0.3) is 0 Å². The summed E-state index contributed by atoms with van der Waals surface area (Å²) in [6.07, 6.45) is 3.45. The molecule has 5 heteroatoms. The van der Waals surface area contributed by atoms with Crippen LogP contribution in [0.15, 0.2) is 53.3 Å². The van der Waals surface area contributed by atoms with Gasteiger partial charge in [-0.2, -0.15) is 0 Å². The SMILES string of the molecule is O=C(Cc1ccon1)N[C@H]1CCCOc2c1ccc1ccccc21. The molecule has 4 rings (SSSR count). The van der Waals surface area contributed by atoms with Crippen molar-refractivity contribution in [2.24, 2.45) is 0 Å². The zero-order chi connectivity index (χ0) is 16.4. The second kappa shape index (κ2) is 6.35. The van der Waals surface area contributed by atoms with Crippen molar-refractivity contribution in [1.82, 2.24) is 10.5 Å². The van der Waals surface area contributed by atoms with E-state index in [2.05, 4.69) is 34.7 Å². The normalized spacial score (nSPS) is 16.9. The Morgan fingerprint density at radius 1 is 1.21 bits per heavy atom. The van der Waals surface area contributed by atoms with E-state index in [1.807, 2.05) is 12.1 Å². The lowest BCUT2D eigenvalue weighted by Gasteiger charge is -2.19. The standard InChI is InChI=1S/C19H18N2O3/c22-18(12-14-9-11-24-21-14)20-17-6-3-10-23-19-15-5-2-1-4-13(15)7-8-16(17)19/h1-2,4-5,7-9,11,17H,3,6,10,12H2,(H,20,22)/t17-/m0/s1. The molecule has 1 aromatic heterocycles. The fourth-order valence-corrected chi connectivity index (χ4v) is 3.20. The average Bonchev–Trinajstić information content (AvgIpc) is 3.01. The van der Waals surface area contributed by atoms with Gasteiger partial charge in [-0.15, -0.1) is 0 Å². The van der Waals surface area contributed by atoms with Crippen LogP contribution in [0.2, 0.25) is 0 Å². The Hall–Kier alpha value is -2.82. The molecular formula is C19H18N2O3. The number of nitrogens with zero attached hydrogens (tertiary/aromatic N) is 1. The maximum atomic E-state index is 12.3. The van der Waals surface area contributed by atoms with Crippen LogP contribution < -0.4 is 10.1 Å². The van der Waals surface area contributed by atoms with E-state index < -0.39 is 0 Å². The third-order valence-corrected chi connectivity index (χ3v) is 4.34. The quantitative estimate of drug-likeness (QED) is 0.802. The van der Waals surface area contributed by atoms with Crippen molar-refractivity contribution in [2.75, 3.05) is 6.61 Å². The van der Waals surface area contributed by atoms with Crippen LogP contribution in [-0.4, -0.2) is 17.7 Å². The topological polar surface area (TPSA) is 64.4 Å². The summed E-state index contributed by atoms with van der Waals surface area (Å²) in [4.78, 5) is 12.3. The first-order chi connectivity index (χ1) is 11.8. The van der Waals surface area contributed by atoms with Gasteiger partial charge in [0.1, 0.15) is 12.0 Å². The summed E-state index contributed by atoms with van der Waals surface area (Å²) in [5.41, 5.74) is 1.68. The van der Waals surface area contributed by atoms with Crippen molar-refractivity contribution in [3.63, 3.8) is 0 Å². The number of rotatable bonds is 3. The minimum atomic E-state index is -0.0603. The second-order valence-electron chi connectivity index (χ2n) is 5.98. The van der Waals surface area contributed by atoms with Crippen molar-refractivity contribution in [3.8, 4) is 5.75 Å². The van der Waals surface area contributed by atoms with E-state index in [1.165, 1.54) is 6.26 Å². The van der Waals surface area contributed by atoms with Gasteiger partial charge in [0.05, 0.1) is 24.8 Å². The molecule has 0 spiro atoms. The van der Waals surface area contributed by atoms with E-state index in [-0.39, 0.29) is 18.4 Å². The molecule has 1 amide bonds. The zero-order valence-electron chi connectivity index (χ0n) is 13.2. The molecule has 2 aromatic carbocycles. The van der Waals surface area contributed by atoms with Crippen LogP contribution in [0.4, 0.5) is 0 Å². The monoisotopic (exact) mass is 322 g/mol. The second-order valence-corrected chi connectivity index (χ2v) is 5.98. The molecule has 0 saturated heterocycles. The summed E-state index contributed by atoms with van der Waals surface area (Å²) in [6, 6.07) is 14.0. The molecule has 1 atom stereocenters. The number of aromatic nitrogens is 1. The summed E-state index contributed by atoms with van der Waals surface area (Å²) in [5, 5.41) is 9.14. The molecule has 0 saturated carbocycles. The molecule has 0 aliphatic carbocycles. The molecule has 0 bridgehead atoms. The Balaban J connectivity index is 1.63. The molecular weight excluding hydrogens is 304 g/mol. The Labute approximate surface area is 139 Å². The van der Waals surface area contributed by atoms with E-state index in [0.717, 1.165) is 34.9 Å². The third kappa shape index (κ3) is 2.85. The Morgan fingerprint density at radius 2 is 2.12 bits per heavy atom. The minimum absolute atomic E-state index is 0.0495. The molecule has 0 radical (unpaired) electrons. The molecule has 1 aliphatic rings. The predicted molar refractivity (Wildman–Crippen MR) is 89.8 cm³/mol. The fourth-order valence-electron chi connectivity index (χ4n) is 3.20. The Kier molecular flexibility index (Phi) is 3.91. The smallest absolute Gasteiger partial charge is 0.226 e. The van der Waals surface area contributed by atoms with E-state index in [1.54, 1.807) is 6.07 Å². The van der Waals surface area contributed by atoms with Crippen LogP contribution in [0.25, 0.3) is 10.8 Å². The van der Waals surface area contributed by atoms with E-state index in [4.69, 9.17) is 9.26 Å². The van der Waals surface area contributed by atoms with Gasteiger partial charge in [-0.1, -0.05) is 41.6 Å². The van der Waals surface area contributed by atoms with Gasteiger partial charge in [-0.25, -0.2) is 0 Å². The largest absolute Gasteiger partial charge is 0.493 e. The molecule has 0 fully saturated rings. The highest BCUT2D eigenvalue weighted by atomic mass is 16.5. The van der Waals surface area contributed by atoms with Gasteiger partial charge in [0.2, 0.25) is 5.91 Å². The number of amides is 1. The highest BCUT2D eigenvalue weighted by Gasteiger charge is 2.23. The maximum absolute atomic E-state index is 12.3. The van der Waals surface area contributed by atoms with Crippen LogP contribution >= 0.6 is 0 Å². The number of carbonyl (C=O) groups is 1. The van der Waals surface area contributed by atoms with Gasteiger partial charge >= 0.3 is 0 Å². The fraction of sp³-hybridized carbons (Fsp3) is 0.263. The molecule has 1 aliphatic heterocycles. The van der Waals surface area contributed by atoms with Gasteiger partial charge in [0, 0.05) is 17.0 Å². The molecule has 1 N–H and O–H groups in total. The van der Waals surface area contributed by atoms with Gasteiger partial charge in [0.15, 0.2) is 0 Å². The molecule has 0 unspecified atom stereocenters. The summed E-state index contributed by atoms with van der Waals surface area (Å²) in [5.74, 6) is 0.826. The summed E-state index contributed by atoms with van der Waals surface area (Å²) in [7, 11) is 0.